The van der Waals surface area contributed by atoms with E-state index in [0.29, 0.717) is 30.0 Å². The fourth-order valence-electron chi connectivity index (χ4n) is 3.34. The molecule has 0 saturated carbocycles. The Bertz CT molecular complexity index is 707. The Balaban J connectivity index is 0.00000126. The predicted octanol–water partition coefficient (Wildman–Crippen LogP) is 3.57. The van der Waals surface area contributed by atoms with E-state index in [1.807, 2.05) is 6.33 Å². The molecule has 0 spiro atoms. The van der Waals surface area contributed by atoms with Crippen molar-refractivity contribution in [2.45, 2.75) is 65.6 Å². The molecule has 2 aromatic rings. The molecule has 3 N–H and O–H groups in total. The summed E-state index contributed by atoms with van der Waals surface area (Å²) < 4.78 is 2.11. The molecule has 8 heteroatoms. The normalized spacial score (nSPS) is 17.9. The molecule has 0 amide bonds. The van der Waals surface area contributed by atoms with E-state index in [4.69, 9.17) is 9.97 Å². The summed E-state index contributed by atoms with van der Waals surface area (Å²) in [5.41, 5.74) is 1.74. The second-order valence-electron chi connectivity index (χ2n) is 7.55. The van der Waals surface area contributed by atoms with Gasteiger partial charge in [0.05, 0.1) is 6.33 Å². The van der Waals surface area contributed by atoms with Gasteiger partial charge < -0.3 is 20.5 Å². The lowest BCUT2D eigenvalue weighted by atomic mass is 10.0. The molecule has 2 unspecified atom stereocenters. The number of aromatic nitrogens is 4. The molecule has 1 aliphatic rings. The standard InChI is InChI=1S/C18H31N7.CH4S/c1-6-14(11(2)3)22-18-23-16(21-13-7-8-19-9-13)15-17(24-18)25(10-20-15)12(4)5;1-2/h10-14,19H,6-9H2,1-5H3,(H2,21,22,23,24);2H,1H3. The van der Waals surface area contributed by atoms with E-state index < -0.39 is 0 Å². The van der Waals surface area contributed by atoms with Gasteiger partial charge in [-0.1, -0.05) is 20.8 Å². The van der Waals surface area contributed by atoms with Crippen LogP contribution in [0.4, 0.5) is 11.8 Å². The highest BCUT2D eigenvalue weighted by atomic mass is 32.1. The third-order valence-electron chi connectivity index (χ3n) is 4.94. The van der Waals surface area contributed by atoms with Crippen molar-refractivity contribution in [1.82, 2.24) is 24.8 Å². The van der Waals surface area contributed by atoms with E-state index in [2.05, 4.69) is 72.7 Å². The van der Waals surface area contributed by atoms with Gasteiger partial charge in [-0.15, -0.1) is 0 Å². The minimum Gasteiger partial charge on any atom is -0.364 e. The summed E-state index contributed by atoms with van der Waals surface area (Å²) in [5, 5.41) is 10.5. The van der Waals surface area contributed by atoms with E-state index in [9.17, 15) is 0 Å². The van der Waals surface area contributed by atoms with Crippen LogP contribution in [0.1, 0.15) is 53.5 Å². The zero-order valence-electron chi connectivity index (χ0n) is 17.5. The summed E-state index contributed by atoms with van der Waals surface area (Å²) in [7, 11) is 0. The lowest BCUT2D eigenvalue weighted by molar-refractivity contribution is 0.508. The van der Waals surface area contributed by atoms with Crippen LogP contribution in [0, 0.1) is 5.92 Å². The molecule has 3 heterocycles. The Morgan fingerprint density at radius 1 is 1.26 bits per heavy atom. The molecule has 1 saturated heterocycles. The Kier molecular flexibility index (Phi) is 8.16. The maximum atomic E-state index is 4.78. The largest absolute Gasteiger partial charge is 0.364 e. The number of nitrogens with zero attached hydrogens (tertiary/aromatic N) is 4. The van der Waals surface area contributed by atoms with Crippen molar-refractivity contribution in [2.75, 3.05) is 30.0 Å². The fourth-order valence-corrected chi connectivity index (χ4v) is 3.34. The molecule has 7 nitrogen and oxygen atoms in total. The van der Waals surface area contributed by atoms with Crippen LogP contribution in [-0.4, -0.2) is 50.9 Å². The maximum absolute atomic E-state index is 4.78. The molecule has 27 heavy (non-hydrogen) atoms. The number of fused-ring (bicyclic) bond motifs is 1. The van der Waals surface area contributed by atoms with Gasteiger partial charge in [-0.25, -0.2) is 4.98 Å². The Morgan fingerprint density at radius 2 is 2.00 bits per heavy atom. The number of thiol groups is 1. The van der Waals surface area contributed by atoms with E-state index in [1.165, 1.54) is 0 Å². The van der Waals surface area contributed by atoms with Crippen molar-refractivity contribution in [3.63, 3.8) is 0 Å². The lowest BCUT2D eigenvalue weighted by Crippen LogP contribution is -2.27. The van der Waals surface area contributed by atoms with E-state index in [1.54, 1.807) is 6.26 Å². The highest BCUT2D eigenvalue weighted by Gasteiger charge is 2.21. The quantitative estimate of drug-likeness (QED) is 0.539. The van der Waals surface area contributed by atoms with Gasteiger partial charge in [0.1, 0.15) is 0 Å². The minimum atomic E-state index is 0.306. The Labute approximate surface area is 168 Å². The number of hydrogen-bond donors (Lipinski definition) is 4. The third kappa shape index (κ3) is 5.25. The van der Waals surface area contributed by atoms with E-state index in [0.717, 1.165) is 42.9 Å². The van der Waals surface area contributed by atoms with Crippen LogP contribution in [0.2, 0.25) is 0 Å². The molecule has 152 valence electrons. The van der Waals surface area contributed by atoms with Gasteiger partial charge in [-0.2, -0.15) is 22.6 Å². The average molecular weight is 394 g/mol. The maximum Gasteiger partial charge on any atom is 0.227 e. The van der Waals surface area contributed by atoms with Crippen LogP contribution in [-0.2, 0) is 0 Å². The van der Waals surface area contributed by atoms with Crippen LogP contribution in [0.25, 0.3) is 11.2 Å². The number of rotatable bonds is 7. The van der Waals surface area contributed by atoms with Crippen LogP contribution in [0.15, 0.2) is 6.33 Å². The third-order valence-corrected chi connectivity index (χ3v) is 4.94. The van der Waals surface area contributed by atoms with E-state index in [-0.39, 0.29) is 0 Å². The first-order valence-corrected chi connectivity index (χ1v) is 10.8. The molecule has 0 radical (unpaired) electrons. The highest BCUT2D eigenvalue weighted by Crippen LogP contribution is 2.25. The first kappa shape index (κ1) is 21.8. The number of anilines is 2. The van der Waals surface area contributed by atoms with Gasteiger partial charge in [-0.05, 0) is 45.4 Å². The zero-order chi connectivity index (χ0) is 20.0. The summed E-state index contributed by atoms with van der Waals surface area (Å²) in [6.45, 7) is 12.9. The SMILES string of the molecule is CCC(Nc1nc(NC2CCNC2)c2ncn(C(C)C)c2n1)C(C)C.CS. The smallest absolute Gasteiger partial charge is 0.227 e. The van der Waals surface area contributed by atoms with Crippen molar-refractivity contribution in [1.29, 1.82) is 0 Å². The average Bonchev–Trinajstić information content (AvgIpc) is 3.30. The zero-order valence-corrected chi connectivity index (χ0v) is 18.3. The molecular weight excluding hydrogens is 358 g/mol. The second-order valence-corrected chi connectivity index (χ2v) is 7.55. The molecule has 0 bridgehead atoms. The molecule has 2 atom stereocenters. The van der Waals surface area contributed by atoms with Gasteiger partial charge in [0.2, 0.25) is 5.95 Å². The van der Waals surface area contributed by atoms with Crippen molar-refractivity contribution >= 4 is 35.6 Å². The Morgan fingerprint density at radius 3 is 2.56 bits per heavy atom. The molecule has 2 aromatic heterocycles. The summed E-state index contributed by atoms with van der Waals surface area (Å²) in [6, 6.07) is 1.05. The molecule has 0 aromatic carbocycles. The van der Waals surface area contributed by atoms with Crippen molar-refractivity contribution in [3.05, 3.63) is 6.33 Å². The van der Waals surface area contributed by atoms with Crippen LogP contribution in [0.3, 0.4) is 0 Å². The van der Waals surface area contributed by atoms with Crippen molar-refractivity contribution in [2.24, 2.45) is 5.92 Å². The van der Waals surface area contributed by atoms with Crippen LogP contribution in [0.5, 0.6) is 0 Å². The molecule has 3 rings (SSSR count). The van der Waals surface area contributed by atoms with Crippen LogP contribution >= 0.6 is 12.6 Å². The van der Waals surface area contributed by atoms with E-state index >= 15 is 0 Å². The topological polar surface area (TPSA) is 79.7 Å². The number of nitrogens with one attached hydrogen (secondary N) is 3. The summed E-state index contributed by atoms with van der Waals surface area (Å²) in [6.07, 6.45) is 5.70. The monoisotopic (exact) mass is 393 g/mol. The molecule has 0 aliphatic carbocycles. The van der Waals surface area contributed by atoms with Gasteiger partial charge in [0.25, 0.3) is 0 Å². The van der Waals surface area contributed by atoms with Crippen LogP contribution < -0.4 is 16.0 Å². The van der Waals surface area contributed by atoms with Crippen molar-refractivity contribution < 1.29 is 0 Å². The summed E-state index contributed by atoms with van der Waals surface area (Å²) in [5.74, 6) is 2.04. The first-order chi connectivity index (χ1) is 13.0. The predicted molar refractivity (Wildman–Crippen MR) is 118 cm³/mol. The minimum absolute atomic E-state index is 0.306. The van der Waals surface area contributed by atoms with Gasteiger partial charge in [0, 0.05) is 24.7 Å². The molecule has 1 fully saturated rings. The van der Waals surface area contributed by atoms with Gasteiger partial charge in [-0.3, -0.25) is 0 Å². The molecular formula is C19H35N7S. The number of imidazole rings is 1. The molecule has 1 aliphatic heterocycles. The lowest BCUT2D eigenvalue weighted by Gasteiger charge is -2.21. The summed E-state index contributed by atoms with van der Waals surface area (Å²) >= 11 is 3.53. The van der Waals surface area contributed by atoms with Gasteiger partial charge in [0.15, 0.2) is 17.0 Å². The first-order valence-electron chi connectivity index (χ1n) is 9.92. The number of hydrogen-bond acceptors (Lipinski definition) is 7. The van der Waals surface area contributed by atoms with Crippen molar-refractivity contribution in [3.8, 4) is 0 Å². The Hall–Kier alpha value is -1.54. The second kappa shape index (κ2) is 10.1. The fraction of sp³-hybridized carbons (Fsp3) is 0.737. The highest BCUT2D eigenvalue weighted by molar-refractivity contribution is 7.79. The van der Waals surface area contributed by atoms with Gasteiger partial charge >= 0.3 is 0 Å². The summed E-state index contributed by atoms with van der Waals surface area (Å²) in [4.78, 5) is 14.1.